The number of rotatable bonds is 10. The first-order chi connectivity index (χ1) is 9.85. The Labute approximate surface area is 152 Å². The topological polar surface area (TPSA) is 49.7 Å². The Balaban J connectivity index is 0. The van der Waals surface area contributed by atoms with Crippen LogP contribution in [-0.2, 0) is 0 Å². The van der Waals surface area contributed by atoms with E-state index in [1.807, 2.05) is 30.3 Å². The zero-order chi connectivity index (χ0) is 14.9. The molecule has 0 saturated carbocycles. The van der Waals surface area contributed by atoms with Gasteiger partial charge in [0.2, 0.25) is 0 Å². The van der Waals surface area contributed by atoms with Crippen molar-refractivity contribution in [1.29, 1.82) is 0 Å². The van der Waals surface area contributed by atoms with Gasteiger partial charge in [0.15, 0.2) is 0 Å². The van der Waals surface area contributed by atoms with Crippen molar-refractivity contribution in [3.05, 3.63) is 30.3 Å². The third-order valence-electron chi connectivity index (χ3n) is 2.86. The molecule has 21 heavy (non-hydrogen) atoms. The van der Waals surface area contributed by atoms with Gasteiger partial charge in [-0.3, -0.25) is 0 Å². The van der Waals surface area contributed by atoms with Gasteiger partial charge in [0.1, 0.15) is 5.75 Å². The summed E-state index contributed by atoms with van der Waals surface area (Å²) in [5.41, 5.74) is 0. The summed E-state index contributed by atoms with van der Waals surface area (Å²) in [4.78, 5) is 0. The molecule has 3 nitrogen and oxygen atoms in total. The van der Waals surface area contributed by atoms with Crippen molar-refractivity contribution in [2.75, 3.05) is 19.8 Å². The summed E-state index contributed by atoms with van der Waals surface area (Å²) in [5.74, 6) is 0.994. The van der Waals surface area contributed by atoms with Crippen LogP contribution in [0.3, 0.4) is 0 Å². The Morgan fingerprint density at radius 2 is 1.33 bits per heavy atom. The van der Waals surface area contributed by atoms with Crippen molar-refractivity contribution in [3.8, 4) is 5.75 Å². The molecule has 2 N–H and O–H groups in total. The number of aliphatic hydroxyl groups is 2. The number of benzene rings is 1. The molecule has 0 aliphatic heterocycles. The zero-order valence-corrected chi connectivity index (χ0v) is 12.8. The van der Waals surface area contributed by atoms with Crippen molar-refractivity contribution in [3.63, 3.8) is 0 Å². The summed E-state index contributed by atoms with van der Waals surface area (Å²) < 4.78 is 5.63. The van der Waals surface area contributed by atoms with Crippen LogP contribution in [0.15, 0.2) is 30.3 Å². The van der Waals surface area contributed by atoms with Gasteiger partial charge in [-0.15, -0.1) is 0 Å². The molecular weight excluding hydrogens is 275 g/mol. The maximum absolute atomic E-state index is 7.62. The van der Waals surface area contributed by atoms with Crippen LogP contribution in [0.5, 0.6) is 5.75 Å². The molecule has 4 heteroatoms. The fourth-order valence-electron chi connectivity index (χ4n) is 1.77. The molecule has 0 fully saturated rings. The predicted molar refractivity (Wildman–Crippen MR) is 91.3 cm³/mol. The number of ether oxygens (including phenoxy) is 1. The first kappa shape index (κ1) is 23.2. The van der Waals surface area contributed by atoms with Crippen molar-refractivity contribution in [1.82, 2.24) is 0 Å². The third kappa shape index (κ3) is 17.9. The minimum absolute atomic E-state index is 0. The maximum atomic E-state index is 7.62. The van der Waals surface area contributed by atoms with Crippen LogP contribution in [0, 0.1) is 0 Å². The van der Waals surface area contributed by atoms with Crippen LogP contribution in [0.4, 0.5) is 0 Å². The van der Waals surface area contributed by atoms with Gasteiger partial charge in [-0.25, -0.2) is 0 Å². The van der Waals surface area contributed by atoms with E-state index in [0.717, 1.165) is 12.4 Å². The summed E-state index contributed by atoms with van der Waals surface area (Å²) in [6, 6.07) is 10.1. The molecule has 1 aromatic rings. The number of hydrogen-bond donors (Lipinski definition) is 2. The van der Waals surface area contributed by atoms with E-state index < -0.39 is 0 Å². The molecule has 0 aliphatic carbocycles. The van der Waals surface area contributed by atoms with Gasteiger partial charge in [0.05, 0.1) is 19.8 Å². The quantitative estimate of drug-likeness (QED) is 0.516. The number of hydrogen-bond acceptors (Lipinski definition) is 3. The molecule has 0 aliphatic rings. The number of unbranched alkanes of at least 4 members (excludes halogenated alkanes) is 6. The van der Waals surface area contributed by atoms with Crippen LogP contribution in [0.1, 0.15) is 51.9 Å². The molecule has 0 aromatic heterocycles. The van der Waals surface area contributed by atoms with Gasteiger partial charge >= 0.3 is 29.6 Å². The predicted octanol–water partition coefficient (Wildman–Crippen LogP) is 3.14. The molecule has 1 rings (SSSR count). The van der Waals surface area contributed by atoms with Crippen LogP contribution in [-0.4, -0.2) is 59.6 Å². The monoisotopic (exact) mass is 306 g/mol. The van der Waals surface area contributed by atoms with Crippen molar-refractivity contribution >= 4 is 29.6 Å². The molecule has 0 atom stereocenters. The van der Waals surface area contributed by atoms with E-state index in [-0.39, 0.29) is 42.8 Å². The van der Waals surface area contributed by atoms with Crippen molar-refractivity contribution in [2.45, 2.75) is 51.9 Å². The standard InChI is InChI=1S/C15H24O.C2H6O2.Na.H/c1-2-3-4-5-6-7-11-14-16-15-12-9-8-10-13-15;3-1-2-4;;/h8-10,12-13H,2-7,11,14H2,1H3;3-4H,1-2H2;;. The molecule has 0 unspecified atom stereocenters. The average Bonchev–Trinajstić information content (AvgIpc) is 2.51. The number of aliphatic hydroxyl groups excluding tert-OH is 2. The summed E-state index contributed by atoms with van der Waals surface area (Å²) in [6.07, 6.45) is 9.35. The van der Waals surface area contributed by atoms with Crippen LogP contribution < -0.4 is 4.74 Å². The second kappa shape index (κ2) is 19.9. The second-order valence-corrected chi connectivity index (χ2v) is 4.73. The Hall–Kier alpha value is -0.0600. The van der Waals surface area contributed by atoms with E-state index in [9.17, 15) is 0 Å². The Morgan fingerprint density at radius 3 is 1.86 bits per heavy atom. The molecule has 0 saturated heterocycles. The van der Waals surface area contributed by atoms with E-state index in [4.69, 9.17) is 14.9 Å². The van der Waals surface area contributed by atoms with E-state index in [1.54, 1.807) is 0 Å². The summed E-state index contributed by atoms with van der Waals surface area (Å²) >= 11 is 0. The first-order valence-corrected chi connectivity index (χ1v) is 7.74. The molecular formula is C17H31NaO3. The fraction of sp³-hybridized carbons (Fsp3) is 0.647. The molecule has 0 spiro atoms. The SMILES string of the molecule is CCCCCCCCCOc1ccccc1.OCCO.[NaH]. The van der Waals surface area contributed by atoms with E-state index >= 15 is 0 Å². The van der Waals surface area contributed by atoms with Crippen LogP contribution >= 0.6 is 0 Å². The average molecular weight is 306 g/mol. The van der Waals surface area contributed by atoms with E-state index in [2.05, 4.69) is 6.92 Å². The summed E-state index contributed by atoms with van der Waals surface area (Å²) in [7, 11) is 0. The van der Waals surface area contributed by atoms with E-state index in [0.29, 0.717) is 0 Å². The van der Waals surface area contributed by atoms with Gasteiger partial charge in [0, 0.05) is 0 Å². The molecule has 118 valence electrons. The van der Waals surface area contributed by atoms with Crippen molar-refractivity contribution in [2.24, 2.45) is 0 Å². The zero-order valence-electron chi connectivity index (χ0n) is 12.8. The number of para-hydroxylation sites is 1. The van der Waals surface area contributed by atoms with Gasteiger partial charge < -0.3 is 14.9 Å². The van der Waals surface area contributed by atoms with E-state index in [1.165, 1.54) is 44.9 Å². The van der Waals surface area contributed by atoms with Gasteiger partial charge in [0.25, 0.3) is 0 Å². The molecule has 1 aromatic carbocycles. The minimum atomic E-state index is -0.125. The molecule has 0 radical (unpaired) electrons. The Morgan fingerprint density at radius 1 is 0.810 bits per heavy atom. The van der Waals surface area contributed by atoms with Gasteiger partial charge in [-0.2, -0.15) is 0 Å². The fourth-order valence-corrected chi connectivity index (χ4v) is 1.77. The van der Waals surface area contributed by atoms with Crippen LogP contribution in [0.2, 0.25) is 0 Å². The Kier molecular flexibility index (Phi) is 22.0. The summed E-state index contributed by atoms with van der Waals surface area (Å²) in [5, 5.41) is 15.2. The van der Waals surface area contributed by atoms with Gasteiger partial charge in [-0.05, 0) is 18.6 Å². The van der Waals surface area contributed by atoms with Crippen LogP contribution in [0.25, 0.3) is 0 Å². The molecule has 0 bridgehead atoms. The third-order valence-corrected chi connectivity index (χ3v) is 2.86. The molecule has 0 amide bonds. The molecule has 0 heterocycles. The Bertz CT molecular complexity index is 279. The van der Waals surface area contributed by atoms with Crippen molar-refractivity contribution < 1.29 is 14.9 Å². The normalized spacial score (nSPS) is 9.29. The second-order valence-electron chi connectivity index (χ2n) is 4.73. The first-order valence-electron chi connectivity index (χ1n) is 7.74. The summed E-state index contributed by atoms with van der Waals surface area (Å²) in [6.45, 7) is 2.87. The van der Waals surface area contributed by atoms with Gasteiger partial charge in [-0.1, -0.05) is 63.6 Å².